The van der Waals surface area contributed by atoms with Gasteiger partial charge in [0.2, 0.25) is 0 Å². The minimum Gasteiger partial charge on any atom is -0.476 e. The highest BCUT2D eigenvalue weighted by molar-refractivity contribution is 5.88. The molecule has 0 unspecified atom stereocenters. The van der Waals surface area contributed by atoms with Crippen molar-refractivity contribution >= 4 is 24.1 Å². The summed E-state index contributed by atoms with van der Waals surface area (Å²) in [4.78, 5) is 63.4. The lowest BCUT2D eigenvalue weighted by atomic mass is 10.1. The zero-order chi connectivity index (χ0) is 37.0. The van der Waals surface area contributed by atoms with Crippen molar-refractivity contribution < 1.29 is 47.3 Å². The molecule has 2 fully saturated rings. The van der Waals surface area contributed by atoms with Crippen molar-refractivity contribution in [1.82, 2.24) is 24.8 Å². The number of aromatic nitrogens is 3. The molecule has 1 N–H and O–H groups in total. The van der Waals surface area contributed by atoms with Crippen LogP contribution in [-0.2, 0) is 34.0 Å². The van der Waals surface area contributed by atoms with Crippen molar-refractivity contribution in [1.29, 1.82) is 0 Å². The molecule has 2 amide bonds. The topological polar surface area (TPSA) is 188 Å². The number of likely N-dealkylation sites (tertiary alicyclic amines) is 2. The highest BCUT2D eigenvalue weighted by atomic mass is 16.6. The number of carbonyl (C=O) groups is 4. The van der Waals surface area contributed by atoms with E-state index in [1.54, 1.807) is 23.4 Å². The largest absolute Gasteiger partial charge is 0.476 e. The molecule has 5 aromatic rings. The van der Waals surface area contributed by atoms with Crippen LogP contribution in [0.15, 0.2) is 107 Å². The van der Waals surface area contributed by atoms with Crippen LogP contribution < -0.4 is 0 Å². The second-order valence-corrected chi connectivity index (χ2v) is 12.2. The van der Waals surface area contributed by atoms with Crippen molar-refractivity contribution in [3.63, 3.8) is 0 Å². The van der Waals surface area contributed by atoms with Crippen molar-refractivity contribution in [3.8, 4) is 0 Å². The number of esters is 1. The first kappa shape index (κ1) is 36.3. The van der Waals surface area contributed by atoms with Gasteiger partial charge >= 0.3 is 24.1 Å². The normalized spacial score (nSPS) is 16.4. The maximum atomic E-state index is 12.6. The van der Waals surface area contributed by atoms with Gasteiger partial charge in [0.25, 0.3) is 0 Å². The summed E-state index contributed by atoms with van der Waals surface area (Å²) in [6.07, 6.45) is 7.42. The number of carboxylic acid groups (broad SMARTS) is 1. The molecule has 3 aromatic heterocycles. The van der Waals surface area contributed by atoms with E-state index >= 15 is 0 Å². The van der Waals surface area contributed by atoms with Crippen LogP contribution in [0.3, 0.4) is 0 Å². The van der Waals surface area contributed by atoms with Gasteiger partial charge in [-0.1, -0.05) is 66.7 Å². The molecule has 0 radical (unpaired) electrons. The summed E-state index contributed by atoms with van der Waals surface area (Å²) in [7, 11) is 0. The van der Waals surface area contributed by atoms with E-state index < -0.39 is 36.2 Å². The Bertz CT molecular complexity index is 1970. The van der Waals surface area contributed by atoms with Crippen molar-refractivity contribution in [2.45, 2.75) is 57.6 Å². The molecule has 0 saturated carbocycles. The van der Waals surface area contributed by atoms with E-state index in [1.165, 1.54) is 11.3 Å². The molecule has 15 nitrogen and oxygen atoms in total. The average molecular weight is 724 g/mol. The summed E-state index contributed by atoms with van der Waals surface area (Å²) in [6, 6.07) is 21.5. The number of hydrogen-bond donors (Lipinski definition) is 1. The fourth-order valence-electron chi connectivity index (χ4n) is 6.12. The lowest BCUT2D eigenvalue weighted by Crippen LogP contribution is -2.31. The molecule has 15 heteroatoms. The first-order chi connectivity index (χ1) is 25.9. The van der Waals surface area contributed by atoms with Crippen LogP contribution in [0.5, 0.6) is 0 Å². The van der Waals surface area contributed by atoms with E-state index in [9.17, 15) is 19.2 Å². The maximum Gasteiger partial charge on any atom is 0.410 e. The zero-order valence-corrected chi connectivity index (χ0v) is 28.6. The van der Waals surface area contributed by atoms with Crippen LogP contribution in [0.4, 0.5) is 9.59 Å². The van der Waals surface area contributed by atoms with E-state index in [1.807, 2.05) is 66.7 Å². The number of carboxylic acids is 1. The molecule has 7 rings (SSSR count). The molecule has 2 aromatic carbocycles. The Morgan fingerprint density at radius 3 is 1.66 bits per heavy atom. The van der Waals surface area contributed by atoms with Crippen LogP contribution in [0.1, 0.15) is 87.0 Å². The van der Waals surface area contributed by atoms with Crippen LogP contribution >= 0.6 is 0 Å². The van der Waals surface area contributed by atoms with Gasteiger partial charge in [0, 0.05) is 31.0 Å². The molecule has 2 aliphatic heterocycles. The molecule has 2 atom stereocenters. The second kappa shape index (κ2) is 17.6. The SMILES string of the molecule is O=C(O)c1ncoc1[C@@H]1CCCN1C(=O)OCc1ccccc1.O=C(OCc1cccnc1)c1ncoc1[C@@H]1CCCN1C(=O)OCc1ccccc1. The summed E-state index contributed by atoms with van der Waals surface area (Å²) in [6.45, 7) is 1.44. The Morgan fingerprint density at radius 1 is 0.660 bits per heavy atom. The number of oxazole rings is 2. The maximum absolute atomic E-state index is 12.6. The third kappa shape index (κ3) is 9.24. The van der Waals surface area contributed by atoms with Crippen molar-refractivity contribution in [3.05, 3.63) is 138 Å². The Morgan fingerprint density at radius 2 is 1.15 bits per heavy atom. The summed E-state index contributed by atoms with van der Waals surface area (Å²) in [5.41, 5.74) is 2.48. The number of rotatable bonds is 10. The molecule has 0 aliphatic carbocycles. The number of aromatic carboxylic acids is 1. The highest BCUT2D eigenvalue weighted by Gasteiger charge is 2.38. The summed E-state index contributed by atoms with van der Waals surface area (Å²) in [5.74, 6) is -1.25. The van der Waals surface area contributed by atoms with Gasteiger partial charge in [-0.3, -0.25) is 14.8 Å². The summed E-state index contributed by atoms with van der Waals surface area (Å²) >= 11 is 0. The van der Waals surface area contributed by atoms with E-state index in [0.717, 1.165) is 35.9 Å². The van der Waals surface area contributed by atoms with E-state index in [4.69, 9.17) is 28.2 Å². The number of carbonyl (C=O) groups excluding carboxylic acids is 3. The number of benzene rings is 2. The quantitative estimate of drug-likeness (QED) is 0.118. The van der Waals surface area contributed by atoms with Gasteiger partial charge in [0.05, 0.1) is 12.1 Å². The van der Waals surface area contributed by atoms with E-state index in [2.05, 4.69) is 15.0 Å². The molecular weight excluding hydrogens is 686 g/mol. The molecule has 2 aliphatic rings. The molecule has 0 spiro atoms. The first-order valence-corrected chi connectivity index (χ1v) is 17.0. The Balaban J connectivity index is 0.000000188. The standard InChI is InChI=1S/C22H21N3O5.C16H16N2O5/c26-21(28-14-17-8-4-10-23-12-17)19-20(30-15-24-19)18-9-5-11-25(18)22(27)29-13-16-6-2-1-3-7-16;19-15(20)13-14(23-10-17-13)12-7-4-8-18(12)16(21)22-9-11-5-2-1-3-6-11/h1-4,6-8,10,12,15,18H,5,9,11,13-14H2;1-3,5-6,10,12H,4,7-9H2,(H,19,20)/t18-;12-/m00/s1. The lowest BCUT2D eigenvalue weighted by Gasteiger charge is -2.22. The van der Waals surface area contributed by atoms with Gasteiger partial charge in [-0.2, -0.15) is 0 Å². The van der Waals surface area contributed by atoms with Gasteiger partial charge in [-0.25, -0.2) is 29.1 Å². The predicted molar refractivity (Wildman–Crippen MR) is 184 cm³/mol. The van der Waals surface area contributed by atoms with Crippen molar-refractivity contribution in [2.24, 2.45) is 0 Å². The van der Waals surface area contributed by atoms with Crippen molar-refractivity contribution in [2.75, 3.05) is 13.1 Å². The first-order valence-electron chi connectivity index (χ1n) is 17.0. The third-order valence-corrected chi connectivity index (χ3v) is 8.67. The highest BCUT2D eigenvalue weighted by Crippen LogP contribution is 2.35. The number of pyridine rings is 1. The molecule has 53 heavy (non-hydrogen) atoms. The van der Waals surface area contributed by atoms with Gasteiger partial charge < -0.3 is 28.2 Å². The predicted octanol–water partition coefficient (Wildman–Crippen LogP) is 6.75. The Kier molecular flexibility index (Phi) is 12.1. The lowest BCUT2D eigenvalue weighted by molar-refractivity contribution is 0.0456. The monoisotopic (exact) mass is 723 g/mol. The fraction of sp³-hybridized carbons (Fsp3) is 0.289. The van der Waals surface area contributed by atoms with Crippen LogP contribution in [0, 0.1) is 0 Å². The van der Waals surface area contributed by atoms with E-state index in [-0.39, 0.29) is 37.0 Å². The molecular formula is C38H37N5O10. The van der Waals surface area contributed by atoms with Gasteiger partial charge in [-0.15, -0.1) is 0 Å². The third-order valence-electron chi connectivity index (χ3n) is 8.67. The molecule has 2 saturated heterocycles. The fourth-order valence-corrected chi connectivity index (χ4v) is 6.12. The van der Waals surface area contributed by atoms with Gasteiger partial charge in [0.15, 0.2) is 35.7 Å². The van der Waals surface area contributed by atoms with Gasteiger partial charge in [-0.05, 0) is 42.9 Å². The van der Waals surface area contributed by atoms with Gasteiger partial charge in [0.1, 0.15) is 19.8 Å². The number of nitrogens with zero attached hydrogens (tertiary/aromatic N) is 5. The number of ether oxygens (including phenoxy) is 3. The van der Waals surface area contributed by atoms with E-state index in [0.29, 0.717) is 31.7 Å². The minimum absolute atomic E-state index is 0.0756. The van der Waals surface area contributed by atoms with Crippen LogP contribution in [0.25, 0.3) is 0 Å². The van der Waals surface area contributed by atoms with Crippen LogP contribution in [0.2, 0.25) is 0 Å². The summed E-state index contributed by atoms with van der Waals surface area (Å²) in [5, 5.41) is 9.13. The summed E-state index contributed by atoms with van der Waals surface area (Å²) < 4.78 is 26.8. The number of hydrogen-bond acceptors (Lipinski definition) is 12. The molecule has 0 bridgehead atoms. The minimum atomic E-state index is -1.17. The molecule has 274 valence electrons. The Labute approximate surface area is 304 Å². The molecule has 5 heterocycles. The van der Waals surface area contributed by atoms with Crippen LogP contribution in [-0.4, -0.2) is 67.1 Å². The zero-order valence-electron chi connectivity index (χ0n) is 28.6. The smallest absolute Gasteiger partial charge is 0.410 e. The average Bonchev–Trinajstić information content (AvgIpc) is 4.03. The number of amides is 2. The second-order valence-electron chi connectivity index (χ2n) is 12.2. The Hall–Kier alpha value is -6.51.